The minimum Gasteiger partial charge on any atom is -0.356 e. The summed E-state index contributed by atoms with van der Waals surface area (Å²) in [7, 11) is 0. The van der Waals surface area contributed by atoms with Crippen LogP contribution in [0.25, 0.3) is 138 Å². The van der Waals surface area contributed by atoms with Crippen molar-refractivity contribution in [3.63, 3.8) is 0 Å². The Kier molecular flexibility index (Phi) is 17.4. The maximum atomic E-state index is 3.75. The fourth-order valence-corrected chi connectivity index (χ4v) is 24.1. The van der Waals surface area contributed by atoms with Crippen molar-refractivity contribution in [3.05, 3.63) is 576 Å². The van der Waals surface area contributed by atoms with Crippen LogP contribution < -0.4 is 10.2 Å². The van der Waals surface area contributed by atoms with E-state index in [1.807, 2.05) is 0 Å². The molecule has 1 spiro atoms. The zero-order valence-corrected chi connectivity index (χ0v) is 73.3. The summed E-state index contributed by atoms with van der Waals surface area (Å²) >= 11 is 0. The van der Waals surface area contributed by atoms with Crippen LogP contribution in [0.5, 0.6) is 0 Å². The molecule has 626 valence electrons. The Hall–Kier alpha value is -17.4. The van der Waals surface area contributed by atoms with E-state index in [1.54, 1.807) is 0 Å². The molecule has 1 atom stereocenters. The van der Waals surface area contributed by atoms with Crippen LogP contribution in [0.2, 0.25) is 0 Å². The normalized spacial score (nSPS) is 14.1. The van der Waals surface area contributed by atoms with Crippen molar-refractivity contribution in [2.24, 2.45) is 0 Å². The first kappa shape index (κ1) is 76.6. The highest BCUT2D eigenvalue weighted by molar-refractivity contribution is 6.15. The maximum Gasteiger partial charge on any atom is 0.0755 e. The van der Waals surface area contributed by atoms with E-state index in [1.165, 1.54) is 182 Å². The maximum absolute atomic E-state index is 3.75. The van der Waals surface area contributed by atoms with Gasteiger partial charge < -0.3 is 23.9 Å². The van der Waals surface area contributed by atoms with Gasteiger partial charge in [-0.15, -0.1) is 0 Å². The molecule has 0 radical (unpaired) electrons. The molecule has 21 aromatic carbocycles. The summed E-state index contributed by atoms with van der Waals surface area (Å²) in [6.45, 7) is 0. The molecule has 0 fully saturated rings. The summed E-state index contributed by atoms with van der Waals surface area (Å²) in [4.78, 5) is 2.56. The second-order valence-electron chi connectivity index (χ2n) is 36.0. The van der Waals surface area contributed by atoms with Gasteiger partial charge in [0.2, 0.25) is 0 Å². The molecular formula is C129H85N5. The number of nitrogens with one attached hydrogen (secondary N) is 1. The molecule has 0 saturated heterocycles. The number of para-hydroxylation sites is 7. The highest BCUT2D eigenvalue weighted by Gasteiger charge is 2.53. The Bertz CT molecular complexity index is 8660. The Morgan fingerprint density at radius 1 is 0.194 bits per heavy atom. The summed E-state index contributed by atoms with van der Waals surface area (Å²) in [5, 5.41) is 11.4. The molecule has 5 nitrogen and oxygen atoms in total. The molecule has 0 amide bonds. The quantitative estimate of drug-likeness (QED) is 0.125. The Morgan fingerprint density at radius 3 is 1.05 bits per heavy atom. The monoisotopic (exact) mass is 1700 g/mol. The van der Waals surface area contributed by atoms with Gasteiger partial charge in [-0.2, -0.15) is 0 Å². The highest BCUT2D eigenvalue weighted by Crippen LogP contribution is 2.65. The van der Waals surface area contributed by atoms with Crippen molar-refractivity contribution in [3.8, 4) is 72.7 Å². The highest BCUT2D eigenvalue weighted by atomic mass is 15.1. The third kappa shape index (κ3) is 11.2. The standard InChI is InChI=1S/C80H51N3.C49H34N2/c1-3-23-54(24-4-1)79(55-25-5-2-6-26-55)66-34-12-7-28-59(66)60-49-48-58(51-71(60)79)81(56-46-44-52(45-47-56)53-22-19-27-57(50-53)82-72-39-15-9-29-61(72)62-30-10-16-40-73(62)82)76-43-21-37-69-77(76)65-32-8-13-35-67(65)80(69)68-36-14-18-42-75(68)83-74-41-17-11-31-63(74)64-33-20-38-70(80)78(64)83;1-3-15-36(16-4-1)49(37-17-5-2-6-18-37)45-23-10-7-20-41(45)42-31-30-39(33-46(42)49)50-38-28-26-34(27-29-38)35-14-13-19-40(32-35)51-47-24-11-8-21-43(47)44-22-9-12-25-48(44)51/h1-51H;1-33,50H. The number of fused-ring (bicyclic) bond motifs is 24. The molecule has 3 aromatic heterocycles. The lowest BCUT2D eigenvalue weighted by Crippen LogP contribution is -2.33. The van der Waals surface area contributed by atoms with Crippen molar-refractivity contribution in [2.45, 2.75) is 16.2 Å². The summed E-state index contributed by atoms with van der Waals surface area (Å²) in [6, 6.07) is 189. The third-order valence-corrected chi connectivity index (χ3v) is 29.4. The average Bonchev–Trinajstić information content (AvgIpc) is 1.53. The largest absolute Gasteiger partial charge is 0.356 e. The zero-order valence-electron chi connectivity index (χ0n) is 73.3. The second kappa shape index (κ2) is 30.4. The topological polar surface area (TPSA) is 30.1 Å². The lowest BCUT2D eigenvalue weighted by atomic mass is 9.65. The first-order valence-corrected chi connectivity index (χ1v) is 46.5. The van der Waals surface area contributed by atoms with Crippen LogP contribution in [0.4, 0.5) is 28.4 Å². The number of anilines is 5. The van der Waals surface area contributed by atoms with E-state index in [2.05, 4.69) is 533 Å². The Balaban J connectivity index is 0.000000153. The summed E-state index contributed by atoms with van der Waals surface area (Å²) in [6.07, 6.45) is 0. The summed E-state index contributed by atoms with van der Waals surface area (Å²) in [5.74, 6) is 0. The molecule has 4 heterocycles. The lowest BCUT2D eigenvalue weighted by Gasteiger charge is -2.39. The van der Waals surface area contributed by atoms with Gasteiger partial charge in [-0.25, -0.2) is 0 Å². The molecule has 4 aliphatic rings. The smallest absolute Gasteiger partial charge is 0.0755 e. The van der Waals surface area contributed by atoms with E-state index in [-0.39, 0.29) is 0 Å². The first-order chi connectivity index (χ1) is 66.5. The van der Waals surface area contributed by atoms with Gasteiger partial charge in [-0.05, 0) is 232 Å². The van der Waals surface area contributed by atoms with Gasteiger partial charge >= 0.3 is 0 Å². The zero-order chi connectivity index (χ0) is 88.2. The van der Waals surface area contributed by atoms with Crippen molar-refractivity contribution >= 4 is 93.9 Å². The van der Waals surface area contributed by atoms with Gasteiger partial charge in [0.05, 0.1) is 60.7 Å². The van der Waals surface area contributed by atoms with E-state index in [0.29, 0.717) is 0 Å². The molecule has 24 aromatic rings. The second-order valence-corrected chi connectivity index (χ2v) is 36.0. The van der Waals surface area contributed by atoms with Crippen molar-refractivity contribution < 1.29 is 0 Å². The van der Waals surface area contributed by atoms with Crippen LogP contribution in [0, 0.1) is 0 Å². The molecule has 0 saturated carbocycles. The minimum absolute atomic E-state index is 0.419. The minimum atomic E-state index is -0.616. The van der Waals surface area contributed by atoms with Crippen molar-refractivity contribution in [1.29, 1.82) is 0 Å². The van der Waals surface area contributed by atoms with Crippen molar-refractivity contribution in [1.82, 2.24) is 13.7 Å². The van der Waals surface area contributed by atoms with Gasteiger partial charge in [-0.1, -0.05) is 394 Å². The van der Waals surface area contributed by atoms with Gasteiger partial charge in [0, 0.05) is 72.0 Å². The van der Waals surface area contributed by atoms with Crippen LogP contribution in [0.1, 0.15) is 66.8 Å². The fourth-order valence-electron chi connectivity index (χ4n) is 24.1. The number of rotatable bonds is 13. The number of hydrogen-bond donors (Lipinski definition) is 1. The van der Waals surface area contributed by atoms with Crippen LogP contribution in [0.15, 0.2) is 510 Å². The van der Waals surface area contributed by atoms with Gasteiger partial charge in [0.1, 0.15) is 0 Å². The molecular weight excluding hydrogens is 1620 g/mol. The van der Waals surface area contributed by atoms with Gasteiger partial charge in [0.15, 0.2) is 0 Å². The van der Waals surface area contributed by atoms with Crippen molar-refractivity contribution in [2.75, 3.05) is 10.2 Å². The number of nitrogens with zero attached hydrogens (tertiary/aromatic N) is 4. The van der Waals surface area contributed by atoms with Gasteiger partial charge in [-0.3, -0.25) is 0 Å². The Morgan fingerprint density at radius 2 is 0.545 bits per heavy atom. The molecule has 1 aliphatic heterocycles. The predicted molar refractivity (Wildman–Crippen MR) is 557 cm³/mol. The van der Waals surface area contributed by atoms with Crippen LogP contribution in [-0.4, -0.2) is 13.7 Å². The molecule has 0 bridgehead atoms. The molecule has 1 N–H and O–H groups in total. The first-order valence-electron chi connectivity index (χ1n) is 46.5. The lowest BCUT2D eigenvalue weighted by molar-refractivity contribution is 0.748. The Labute approximate surface area is 777 Å². The summed E-state index contributed by atoms with van der Waals surface area (Å²) < 4.78 is 7.32. The van der Waals surface area contributed by atoms with E-state index >= 15 is 0 Å². The van der Waals surface area contributed by atoms with E-state index < -0.39 is 16.2 Å². The van der Waals surface area contributed by atoms with Gasteiger partial charge in [0.25, 0.3) is 0 Å². The fraction of sp³-hybridized carbons (Fsp3) is 0.0233. The number of hydrogen-bond acceptors (Lipinski definition) is 2. The van der Waals surface area contributed by atoms with Crippen LogP contribution in [-0.2, 0) is 16.2 Å². The molecule has 3 aliphatic carbocycles. The number of aromatic nitrogens is 3. The molecule has 5 heteroatoms. The molecule has 28 rings (SSSR count). The third-order valence-electron chi connectivity index (χ3n) is 29.4. The SMILES string of the molecule is c1ccc(C2(c3ccccc3)c3ccccc3-c3ccc(N(c4ccc(-c5cccc(-n6c7ccccc7c7ccccc76)c5)cc4)c4cccc5c4-c4ccccc4C54c5ccccc5-n5c6ccccc6c6cccc4c65)cc32)cc1.c1ccc(C2(c3ccccc3)c3ccccc3-c3ccc(Nc4ccc(-c5cccc(-n6c7ccccc7c7ccccc76)c5)cc4)cc32)cc1. The summed E-state index contributed by atoms with van der Waals surface area (Å²) in [5.41, 5.74) is 42.3. The average molecular weight is 1710 g/mol. The molecule has 134 heavy (non-hydrogen) atoms. The number of benzene rings is 21. The van der Waals surface area contributed by atoms with Crippen LogP contribution >= 0.6 is 0 Å². The van der Waals surface area contributed by atoms with E-state index in [4.69, 9.17) is 0 Å². The molecule has 1 unspecified atom stereocenters. The van der Waals surface area contributed by atoms with E-state index in [0.717, 1.165) is 50.9 Å². The van der Waals surface area contributed by atoms with E-state index in [9.17, 15) is 0 Å². The van der Waals surface area contributed by atoms with Crippen LogP contribution in [0.3, 0.4) is 0 Å². The predicted octanol–water partition coefficient (Wildman–Crippen LogP) is 32.6.